The summed E-state index contributed by atoms with van der Waals surface area (Å²) in [5, 5.41) is 0. The SMILES string of the molecule is Cc1ccc2c(c1)C(=O)C[C@H]([C@H]1CCCN(C(=O)c3ccc(C)o3)C1)O2. The van der Waals surface area contributed by atoms with Gasteiger partial charge in [0.2, 0.25) is 0 Å². The highest BCUT2D eigenvalue weighted by Gasteiger charge is 2.36. The van der Waals surface area contributed by atoms with Gasteiger partial charge < -0.3 is 14.1 Å². The van der Waals surface area contributed by atoms with Crippen molar-refractivity contribution in [3.05, 3.63) is 53.0 Å². The fourth-order valence-corrected chi connectivity index (χ4v) is 3.93. The van der Waals surface area contributed by atoms with Crippen molar-refractivity contribution in [2.24, 2.45) is 5.92 Å². The fourth-order valence-electron chi connectivity index (χ4n) is 3.93. The lowest BCUT2D eigenvalue weighted by atomic mass is 9.86. The van der Waals surface area contributed by atoms with Crippen LogP contribution in [-0.4, -0.2) is 35.8 Å². The second-order valence-corrected chi connectivity index (χ2v) is 7.35. The lowest BCUT2D eigenvalue weighted by Crippen LogP contribution is -2.46. The van der Waals surface area contributed by atoms with E-state index in [9.17, 15) is 9.59 Å². The Morgan fingerprint density at radius 1 is 1.19 bits per heavy atom. The zero-order chi connectivity index (χ0) is 18.3. The Bertz CT molecular complexity index is 853. The van der Waals surface area contributed by atoms with Crippen LogP contribution >= 0.6 is 0 Å². The van der Waals surface area contributed by atoms with Crippen LogP contribution in [0.15, 0.2) is 34.7 Å². The molecule has 0 saturated carbocycles. The Labute approximate surface area is 152 Å². The number of piperidine rings is 1. The molecule has 3 heterocycles. The van der Waals surface area contributed by atoms with E-state index in [-0.39, 0.29) is 23.7 Å². The van der Waals surface area contributed by atoms with E-state index >= 15 is 0 Å². The molecular formula is C21H23NO4. The number of hydrogen-bond donors (Lipinski definition) is 0. The summed E-state index contributed by atoms with van der Waals surface area (Å²) in [5.41, 5.74) is 1.73. The number of Topliss-reactive ketones (excluding diaryl/α,β-unsaturated/α-hetero) is 1. The summed E-state index contributed by atoms with van der Waals surface area (Å²) in [4.78, 5) is 27.0. The van der Waals surface area contributed by atoms with Gasteiger partial charge in [0.1, 0.15) is 17.6 Å². The number of rotatable bonds is 2. The van der Waals surface area contributed by atoms with Gasteiger partial charge in [-0.2, -0.15) is 0 Å². The first kappa shape index (κ1) is 16.9. The minimum absolute atomic E-state index is 0.0824. The zero-order valence-corrected chi connectivity index (χ0v) is 15.2. The Kier molecular flexibility index (Phi) is 4.31. The van der Waals surface area contributed by atoms with Gasteiger partial charge in [-0.25, -0.2) is 0 Å². The van der Waals surface area contributed by atoms with Crippen molar-refractivity contribution in [2.45, 2.75) is 39.2 Å². The van der Waals surface area contributed by atoms with Gasteiger partial charge in [-0.15, -0.1) is 0 Å². The molecule has 1 aromatic heterocycles. The molecule has 0 bridgehead atoms. The number of hydrogen-bond acceptors (Lipinski definition) is 4. The van der Waals surface area contributed by atoms with Crippen LogP contribution in [0.3, 0.4) is 0 Å². The molecule has 0 spiro atoms. The van der Waals surface area contributed by atoms with E-state index in [1.165, 1.54) is 0 Å². The van der Waals surface area contributed by atoms with Gasteiger partial charge in [-0.05, 0) is 51.0 Å². The number of aryl methyl sites for hydroxylation is 2. The van der Waals surface area contributed by atoms with Crippen LogP contribution < -0.4 is 4.74 Å². The van der Waals surface area contributed by atoms with E-state index in [1.807, 2.05) is 36.9 Å². The maximum absolute atomic E-state index is 12.7. The molecule has 1 fully saturated rings. The standard InChI is InChI=1S/C21H23NO4/c1-13-5-7-18-16(10-13)17(23)11-20(26-18)15-4-3-9-22(12-15)21(24)19-8-6-14(2)25-19/h5-8,10,15,20H,3-4,9,11-12H2,1-2H3/t15-,20+/m0/s1. The van der Waals surface area contributed by atoms with Crippen LogP contribution in [0.1, 0.15) is 51.5 Å². The molecule has 2 atom stereocenters. The van der Waals surface area contributed by atoms with Crippen molar-refractivity contribution in [3.8, 4) is 5.75 Å². The maximum Gasteiger partial charge on any atom is 0.289 e. The number of amides is 1. The number of carbonyl (C=O) groups excluding carboxylic acids is 2. The number of fused-ring (bicyclic) bond motifs is 1. The molecule has 5 nitrogen and oxygen atoms in total. The summed E-state index contributed by atoms with van der Waals surface area (Å²) in [6.45, 7) is 5.11. The largest absolute Gasteiger partial charge is 0.489 e. The first-order valence-electron chi connectivity index (χ1n) is 9.17. The fraction of sp³-hybridized carbons (Fsp3) is 0.429. The highest BCUT2D eigenvalue weighted by molar-refractivity contribution is 6.00. The van der Waals surface area contributed by atoms with Crippen molar-refractivity contribution in [1.82, 2.24) is 4.90 Å². The Hall–Kier alpha value is -2.56. The van der Waals surface area contributed by atoms with Crippen molar-refractivity contribution in [3.63, 3.8) is 0 Å². The average Bonchev–Trinajstić information content (AvgIpc) is 3.08. The van der Waals surface area contributed by atoms with Gasteiger partial charge >= 0.3 is 0 Å². The smallest absolute Gasteiger partial charge is 0.289 e. The minimum atomic E-state index is -0.174. The summed E-state index contributed by atoms with van der Waals surface area (Å²) in [7, 11) is 0. The number of benzene rings is 1. The van der Waals surface area contributed by atoms with Gasteiger partial charge in [0.15, 0.2) is 11.5 Å². The van der Waals surface area contributed by atoms with Gasteiger partial charge in [0.25, 0.3) is 5.91 Å². The highest BCUT2D eigenvalue weighted by Crippen LogP contribution is 2.34. The van der Waals surface area contributed by atoms with Crippen molar-refractivity contribution in [1.29, 1.82) is 0 Å². The highest BCUT2D eigenvalue weighted by atomic mass is 16.5. The van der Waals surface area contributed by atoms with Gasteiger partial charge in [0, 0.05) is 25.4 Å². The summed E-state index contributed by atoms with van der Waals surface area (Å²) in [5.74, 6) is 1.98. The quantitative estimate of drug-likeness (QED) is 0.824. The number of ether oxygens (including phenoxy) is 1. The van der Waals surface area contributed by atoms with Crippen molar-refractivity contribution in [2.75, 3.05) is 13.1 Å². The van der Waals surface area contributed by atoms with Crippen LogP contribution in [0.5, 0.6) is 5.75 Å². The molecule has 1 saturated heterocycles. The molecule has 2 aromatic rings. The van der Waals surface area contributed by atoms with E-state index in [4.69, 9.17) is 9.15 Å². The molecule has 0 unspecified atom stereocenters. The molecule has 26 heavy (non-hydrogen) atoms. The summed E-state index contributed by atoms with van der Waals surface area (Å²) >= 11 is 0. The van der Waals surface area contributed by atoms with E-state index in [2.05, 4.69) is 0 Å². The summed E-state index contributed by atoms with van der Waals surface area (Å²) in [6, 6.07) is 9.26. The van der Waals surface area contributed by atoms with Crippen LogP contribution in [0.2, 0.25) is 0 Å². The first-order chi connectivity index (χ1) is 12.5. The molecule has 0 aliphatic carbocycles. The second kappa shape index (κ2) is 6.63. The number of ketones is 1. The molecule has 0 N–H and O–H groups in total. The number of nitrogens with zero attached hydrogens (tertiary/aromatic N) is 1. The molecule has 0 radical (unpaired) electrons. The second-order valence-electron chi connectivity index (χ2n) is 7.35. The third-order valence-electron chi connectivity index (χ3n) is 5.32. The van der Waals surface area contributed by atoms with E-state index in [0.29, 0.717) is 36.6 Å². The van der Waals surface area contributed by atoms with Crippen LogP contribution in [0.4, 0.5) is 0 Å². The van der Waals surface area contributed by atoms with Crippen molar-refractivity contribution < 1.29 is 18.7 Å². The van der Waals surface area contributed by atoms with E-state index < -0.39 is 0 Å². The monoisotopic (exact) mass is 353 g/mol. The maximum atomic E-state index is 12.7. The molecular weight excluding hydrogens is 330 g/mol. The molecule has 136 valence electrons. The number of furan rings is 1. The van der Waals surface area contributed by atoms with Crippen LogP contribution in [0, 0.1) is 19.8 Å². The molecule has 1 amide bonds. The Morgan fingerprint density at radius 3 is 2.81 bits per heavy atom. The van der Waals surface area contributed by atoms with Gasteiger partial charge in [0.05, 0.1) is 5.56 Å². The van der Waals surface area contributed by atoms with Crippen LogP contribution in [-0.2, 0) is 0 Å². The van der Waals surface area contributed by atoms with Crippen LogP contribution in [0.25, 0.3) is 0 Å². The van der Waals surface area contributed by atoms with E-state index in [1.54, 1.807) is 12.1 Å². The number of carbonyl (C=O) groups is 2. The Morgan fingerprint density at radius 2 is 2.04 bits per heavy atom. The topological polar surface area (TPSA) is 59.8 Å². The average molecular weight is 353 g/mol. The number of likely N-dealkylation sites (tertiary alicyclic amines) is 1. The third kappa shape index (κ3) is 3.14. The minimum Gasteiger partial charge on any atom is -0.489 e. The molecule has 2 aliphatic heterocycles. The van der Waals surface area contributed by atoms with Crippen molar-refractivity contribution >= 4 is 11.7 Å². The summed E-state index contributed by atoms with van der Waals surface area (Å²) < 4.78 is 11.6. The molecule has 2 aliphatic rings. The lowest BCUT2D eigenvalue weighted by molar-refractivity contribution is 0.0391. The first-order valence-corrected chi connectivity index (χ1v) is 9.17. The Balaban J connectivity index is 1.49. The lowest BCUT2D eigenvalue weighted by Gasteiger charge is -2.38. The summed E-state index contributed by atoms with van der Waals surface area (Å²) in [6.07, 6.45) is 2.07. The molecule has 4 rings (SSSR count). The predicted octanol–water partition coefficient (Wildman–Crippen LogP) is 3.78. The van der Waals surface area contributed by atoms with E-state index in [0.717, 1.165) is 24.2 Å². The normalized spacial score (nSPS) is 22.7. The van der Waals surface area contributed by atoms with Gasteiger partial charge in [-0.3, -0.25) is 9.59 Å². The predicted molar refractivity (Wildman–Crippen MR) is 96.6 cm³/mol. The molecule has 1 aromatic carbocycles. The molecule has 5 heteroatoms. The third-order valence-corrected chi connectivity index (χ3v) is 5.32. The zero-order valence-electron chi connectivity index (χ0n) is 15.2. The van der Waals surface area contributed by atoms with Gasteiger partial charge in [-0.1, -0.05) is 11.6 Å².